The van der Waals surface area contributed by atoms with Gasteiger partial charge in [-0.15, -0.1) is 0 Å². The Bertz CT molecular complexity index is 1490. The molecule has 21 atom stereocenters. The number of allylic oxidation sites excluding steroid dienone is 1. The lowest BCUT2D eigenvalue weighted by atomic mass is 9.32. The monoisotopic (exact) mass is 780 g/mol. The van der Waals surface area contributed by atoms with Gasteiger partial charge in [0.1, 0.15) is 42.7 Å². The smallest absolute Gasteiger partial charge is 0.187 e. The zero-order valence-electron chi connectivity index (χ0n) is 33.7. The highest BCUT2D eigenvalue weighted by atomic mass is 16.7. The lowest BCUT2D eigenvalue weighted by Gasteiger charge is -2.73. The summed E-state index contributed by atoms with van der Waals surface area (Å²) in [6, 6.07) is 0. The highest BCUT2D eigenvalue weighted by Gasteiger charge is 2.79. The van der Waals surface area contributed by atoms with Crippen LogP contribution in [0.2, 0.25) is 0 Å². The van der Waals surface area contributed by atoms with Gasteiger partial charge in [0.15, 0.2) is 12.6 Å². The summed E-state index contributed by atoms with van der Waals surface area (Å²) >= 11 is 0. The molecule has 0 aromatic rings. The molecule has 4 saturated carbocycles. The Morgan fingerprint density at radius 3 is 2.13 bits per heavy atom. The summed E-state index contributed by atoms with van der Waals surface area (Å²) in [5.41, 5.74) is -1.90. The Morgan fingerprint density at radius 2 is 1.44 bits per heavy atom. The van der Waals surface area contributed by atoms with E-state index in [-0.39, 0.29) is 51.4 Å². The van der Waals surface area contributed by atoms with E-state index < -0.39 is 91.2 Å². The molecule has 13 nitrogen and oxygen atoms in total. The topological polar surface area (TPSA) is 208 Å². The molecule has 3 saturated heterocycles. The summed E-state index contributed by atoms with van der Waals surface area (Å²) in [6.45, 7) is 15.4. The molecule has 0 amide bonds. The Hall–Kier alpha value is -0.780. The molecule has 55 heavy (non-hydrogen) atoms. The second-order valence-corrected chi connectivity index (χ2v) is 21.0. The second-order valence-electron chi connectivity index (χ2n) is 21.0. The van der Waals surface area contributed by atoms with E-state index >= 15 is 0 Å². The predicted octanol–water partition coefficient (Wildman–Crippen LogP) is 1.78. The van der Waals surface area contributed by atoms with Crippen LogP contribution in [-0.2, 0) is 23.7 Å². The molecular weight excluding hydrogens is 712 g/mol. The van der Waals surface area contributed by atoms with Gasteiger partial charge < -0.3 is 64.5 Å². The van der Waals surface area contributed by atoms with Crippen molar-refractivity contribution < 1.29 is 64.5 Å². The number of fused-ring (bicyclic) bond motifs is 4. The van der Waals surface area contributed by atoms with E-state index in [4.69, 9.17) is 23.7 Å². The fraction of sp³-hybridized carbons (Fsp3) is 0.952. The first-order valence-electron chi connectivity index (χ1n) is 20.9. The third-order valence-corrected chi connectivity index (χ3v) is 17.9. The summed E-state index contributed by atoms with van der Waals surface area (Å²) in [6.07, 6.45) is -3.39. The van der Waals surface area contributed by atoms with E-state index in [0.29, 0.717) is 19.4 Å². The third kappa shape index (κ3) is 5.44. The number of aliphatic hydroxyl groups excluding tert-OH is 8. The van der Waals surface area contributed by atoms with Crippen molar-refractivity contribution in [2.45, 2.75) is 179 Å². The summed E-state index contributed by atoms with van der Waals surface area (Å²) in [7, 11) is 0. The summed E-state index contributed by atoms with van der Waals surface area (Å²) in [5, 5.41) is 87.0. The van der Waals surface area contributed by atoms with Crippen molar-refractivity contribution in [2.75, 3.05) is 19.8 Å². The first-order valence-corrected chi connectivity index (χ1v) is 20.9. The van der Waals surface area contributed by atoms with E-state index in [2.05, 4.69) is 53.7 Å². The van der Waals surface area contributed by atoms with Gasteiger partial charge in [-0.2, -0.15) is 0 Å². The lowest BCUT2D eigenvalue weighted by molar-refractivity contribution is -0.367. The molecule has 8 N–H and O–H groups in total. The van der Waals surface area contributed by atoms with Crippen molar-refractivity contribution in [3.05, 3.63) is 12.2 Å². The fourth-order valence-corrected chi connectivity index (χ4v) is 14.3. The van der Waals surface area contributed by atoms with Crippen molar-refractivity contribution in [3.8, 4) is 0 Å². The van der Waals surface area contributed by atoms with Gasteiger partial charge in [0.05, 0.1) is 43.7 Å². The van der Waals surface area contributed by atoms with Gasteiger partial charge in [-0.1, -0.05) is 53.7 Å². The number of rotatable bonds is 6. The fourth-order valence-electron chi connectivity index (χ4n) is 14.3. The van der Waals surface area contributed by atoms with Crippen LogP contribution in [-0.4, -0.2) is 140 Å². The third-order valence-electron chi connectivity index (χ3n) is 17.9. The summed E-state index contributed by atoms with van der Waals surface area (Å²) in [5.74, 6) is 0.449. The van der Waals surface area contributed by atoms with Gasteiger partial charge in [0.2, 0.25) is 0 Å². The van der Waals surface area contributed by atoms with Crippen LogP contribution < -0.4 is 0 Å². The molecular formula is C42H68O13. The zero-order valence-corrected chi connectivity index (χ0v) is 33.7. The second kappa shape index (κ2) is 13.4. The molecule has 0 radical (unpaired) electrons. The molecule has 3 aliphatic heterocycles. The standard InChI is InChI=1S/C42H68O13/c1-21-28(46)33(55-34-31(49)30(48)29(47)22(18-43)53-34)32(50)35(52-21)54-27-10-11-37(4)23(38(27,5)19-44)8-12-39(6)24(37)9-13-42-25-16-36(2,3)14-15-41(25,20-51-42)26(45)17-40(39,42)7/h9,13,21-35,43-50H,8,10-12,14-20H2,1-7H3/t21-,22-,23+,24-,25-,26+,27+,28+,29-,30-,31-,32-,33-,34+,35+,37+,38+,39-,40+,41-,42+/m1/s1. The van der Waals surface area contributed by atoms with Crippen LogP contribution in [0, 0.1) is 50.2 Å². The van der Waals surface area contributed by atoms with Gasteiger partial charge in [-0.3, -0.25) is 0 Å². The van der Waals surface area contributed by atoms with Crippen LogP contribution in [0.5, 0.6) is 0 Å². The Labute approximate surface area is 325 Å². The van der Waals surface area contributed by atoms with E-state index in [1.807, 2.05) is 0 Å². The molecule has 0 unspecified atom stereocenters. The van der Waals surface area contributed by atoms with Crippen molar-refractivity contribution in [1.29, 1.82) is 0 Å². The van der Waals surface area contributed by atoms with Crippen molar-refractivity contribution in [3.63, 3.8) is 0 Å². The van der Waals surface area contributed by atoms with Crippen molar-refractivity contribution in [1.82, 2.24) is 0 Å². The molecule has 8 rings (SSSR count). The van der Waals surface area contributed by atoms with Gasteiger partial charge in [0, 0.05) is 22.2 Å². The highest BCUT2D eigenvalue weighted by molar-refractivity contribution is 5.36. The number of aliphatic hydroxyl groups is 8. The predicted molar refractivity (Wildman–Crippen MR) is 197 cm³/mol. The first-order chi connectivity index (χ1) is 25.7. The number of ether oxygens (including phenoxy) is 5. The zero-order chi connectivity index (χ0) is 39.9. The maximum absolute atomic E-state index is 12.1. The van der Waals surface area contributed by atoms with Crippen molar-refractivity contribution >= 4 is 0 Å². The van der Waals surface area contributed by atoms with Crippen LogP contribution in [0.4, 0.5) is 0 Å². The SMILES string of the molecule is C[C@H]1O[C@@H](O[C@H]2CC[C@@]3(C)[C@H](CC[C@]4(C)[C@@H]3C=C[C@]35OC[C@@]6(CCC(C)(C)C[C@H]63)[C@@H](O)C[C@]54C)[C@]2(C)CO)[C@H](O)[C@H](O[C@@H]2O[C@H](CO)[C@@H](O)[C@@H](O)[C@H]2O)[C@H]1O. The number of hydrogen-bond acceptors (Lipinski definition) is 13. The first kappa shape index (κ1) is 41.0. The molecule has 0 aromatic carbocycles. The average molecular weight is 781 g/mol. The van der Waals surface area contributed by atoms with Crippen LogP contribution in [0.15, 0.2) is 12.2 Å². The van der Waals surface area contributed by atoms with Crippen LogP contribution in [0.25, 0.3) is 0 Å². The van der Waals surface area contributed by atoms with Crippen LogP contribution >= 0.6 is 0 Å². The van der Waals surface area contributed by atoms with E-state index in [0.717, 1.165) is 38.5 Å². The Kier molecular flexibility index (Phi) is 9.95. The highest BCUT2D eigenvalue weighted by Crippen LogP contribution is 2.79. The normalized spacial score (nSPS) is 59.7. The summed E-state index contributed by atoms with van der Waals surface area (Å²) in [4.78, 5) is 0. The van der Waals surface area contributed by atoms with Gasteiger partial charge in [-0.25, -0.2) is 0 Å². The van der Waals surface area contributed by atoms with Gasteiger partial charge >= 0.3 is 0 Å². The minimum Gasteiger partial charge on any atom is -0.396 e. The Morgan fingerprint density at radius 1 is 0.727 bits per heavy atom. The molecule has 2 bridgehead atoms. The van der Waals surface area contributed by atoms with E-state index in [1.165, 1.54) is 0 Å². The molecule has 1 spiro atoms. The Balaban J connectivity index is 1.05. The molecule has 3 heterocycles. The van der Waals surface area contributed by atoms with E-state index in [1.54, 1.807) is 6.92 Å². The van der Waals surface area contributed by atoms with Gasteiger partial charge in [0.25, 0.3) is 0 Å². The molecule has 314 valence electrons. The number of hydrogen-bond donors (Lipinski definition) is 8. The molecule has 0 aromatic heterocycles. The molecule has 8 aliphatic rings. The molecule has 5 aliphatic carbocycles. The minimum absolute atomic E-state index is 0.0414. The largest absolute Gasteiger partial charge is 0.396 e. The van der Waals surface area contributed by atoms with Crippen LogP contribution in [0.3, 0.4) is 0 Å². The molecule has 7 fully saturated rings. The van der Waals surface area contributed by atoms with E-state index in [9.17, 15) is 40.9 Å². The maximum atomic E-state index is 12.1. The van der Waals surface area contributed by atoms with Gasteiger partial charge in [-0.05, 0) is 86.4 Å². The lowest BCUT2D eigenvalue weighted by Crippen LogP contribution is -2.72. The average Bonchev–Trinajstić information content (AvgIpc) is 3.41. The molecule has 13 heteroatoms. The summed E-state index contributed by atoms with van der Waals surface area (Å²) < 4.78 is 31.2. The van der Waals surface area contributed by atoms with Crippen molar-refractivity contribution in [2.24, 2.45) is 50.2 Å². The van der Waals surface area contributed by atoms with Crippen LogP contribution in [0.1, 0.15) is 99.8 Å². The minimum atomic E-state index is -1.72. The quantitative estimate of drug-likeness (QED) is 0.143. The maximum Gasteiger partial charge on any atom is 0.187 e.